The Kier molecular flexibility index (Phi) is 47.2. The Morgan fingerprint density at radius 1 is 0.533 bits per heavy atom. The van der Waals surface area contributed by atoms with E-state index >= 15 is 0 Å². The number of ether oxygens (including phenoxy) is 3. The average Bonchev–Trinajstić information content (AvgIpc) is 3.41. The summed E-state index contributed by atoms with van der Waals surface area (Å²) in [6.45, 7) is 5.58. The molecule has 0 spiro atoms. The van der Waals surface area contributed by atoms with Crippen LogP contribution in [0.5, 0.6) is 0 Å². The number of unbranched alkanes of at least 4 members (excludes halogenated alkanes) is 19. The molecule has 0 radical (unpaired) electrons. The first kappa shape index (κ1) is 69.3. The van der Waals surface area contributed by atoms with Gasteiger partial charge in [-0.3, -0.25) is 9.59 Å². The molecule has 1 saturated heterocycles. The minimum atomic E-state index is -1.65. The number of rotatable bonds is 48. The molecule has 11 nitrogen and oxygen atoms in total. The van der Waals surface area contributed by atoms with Crippen LogP contribution >= 0.6 is 0 Å². The van der Waals surface area contributed by atoms with Gasteiger partial charge in [0.1, 0.15) is 24.4 Å². The van der Waals surface area contributed by atoms with Gasteiger partial charge in [-0.2, -0.15) is 0 Å². The average molecular weight is 1050 g/mol. The Labute approximate surface area is 456 Å². The maximum Gasteiger partial charge on any atom is 0.306 e. The van der Waals surface area contributed by atoms with Gasteiger partial charge in [-0.25, -0.2) is 0 Å². The molecule has 428 valence electrons. The van der Waals surface area contributed by atoms with E-state index in [-0.39, 0.29) is 19.4 Å². The SMILES string of the molecule is CC/C=C\C/C=C\C/C=C\C/C=C\C/C=C\C/C=C\CCCCC(=O)OC1C(OCC(NC(=O)C(O)C/C=C/C/C=C\CCCCCCCC)C(O)/C=C/CCCCCCCCCCCCC)OC(CO)C(O)C1O. The molecule has 0 aliphatic carbocycles. The van der Waals surface area contributed by atoms with Crippen LogP contribution in [0, 0.1) is 0 Å². The Balaban J connectivity index is 2.76. The summed E-state index contributed by atoms with van der Waals surface area (Å²) < 4.78 is 17.5. The highest BCUT2D eigenvalue weighted by Crippen LogP contribution is 2.26. The number of hydrogen-bond donors (Lipinski definition) is 6. The first-order valence-corrected chi connectivity index (χ1v) is 29.7. The lowest BCUT2D eigenvalue weighted by Gasteiger charge is -2.41. The van der Waals surface area contributed by atoms with Crippen LogP contribution in [0.4, 0.5) is 0 Å². The Morgan fingerprint density at radius 3 is 1.44 bits per heavy atom. The molecule has 8 atom stereocenters. The summed E-state index contributed by atoms with van der Waals surface area (Å²) >= 11 is 0. The highest BCUT2D eigenvalue weighted by Gasteiger charge is 2.47. The molecule has 8 unspecified atom stereocenters. The molecule has 75 heavy (non-hydrogen) atoms. The van der Waals surface area contributed by atoms with E-state index in [2.05, 4.69) is 111 Å². The fraction of sp³-hybridized carbons (Fsp3) is 0.688. The zero-order valence-electron chi connectivity index (χ0n) is 47.1. The van der Waals surface area contributed by atoms with E-state index in [0.29, 0.717) is 12.8 Å². The van der Waals surface area contributed by atoms with Gasteiger partial charge in [-0.1, -0.05) is 226 Å². The Bertz CT molecular complexity index is 1630. The smallest absolute Gasteiger partial charge is 0.306 e. The highest BCUT2D eigenvalue weighted by atomic mass is 16.7. The van der Waals surface area contributed by atoms with Gasteiger partial charge in [0.25, 0.3) is 0 Å². The lowest BCUT2D eigenvalue weighted by Crippen LogP contribution is -2.61. The van der Waals surface area contributed by atoms with Crippen LogP contribution in [0.15, 0.2) is 109 Å². The summed E-state index contributed by atoms with van der Waals surface area (Å²) in [5, 5.41) is 56.7. The molecule has 11 heteroatoms. The minimum absolute atomic E-state index is 0.0568. The van der Waals surface area contributed by atoms with Gasteiger partial charge in [0.05, 0.1) is 25.4 Å². The topological polar surface area (TPSA) is 175 Å². The summed E-state index contributed by atoms with van der Waals surface area (Å²) in [7, 11) is 0. The summed E-state index contributed by atoms with van der Waals surface area (Å²) in [5.74, 6) is -1.32. The largest absolute Gasteiger partial charge is 0.454 e. The first-order chi connectivity index (χ1) is 36.7. The number of nitrogens with one attached hydrogen (secondary N) is 1. The van der Waals surface area contributed by atoms with Crippen LogP contribution in [-0.4, -0.2) is 99.6 Å². The zero-order valence-corrected chi connectivity index (χ0v) is 47.1. The minimum Gasteiger partial charge on any atom is -0.454 e. The number of allylic oxidation sites excluding steroid dienone is 16. The predicted octanol–water partition coefficient (Wildman–Crippen LogP) is 13.7. The summed E-state index contributed by atoms with van der Waals surface area (Å²) in [6.07, 6.45) is 58.7. The van der Waals surface area contributed by atoms with Gasteiger partial charge in [-0.05, 0) is 89.9 Å². The normalized spacial score (nSPS) is 20.0. The van der Waals surface area contributed by atoms with Gasteiger partial charge in [0, 0.05) is 12.8 Å². The number of esters is 1. The Hall–Kier alpha value is -3.68. The van der Waals surface area contributed by atoms with Gasteiger partial charge in [0.15, 0.2) is 12.4 Å². The molecule has 1 heterocycles. The standard InChI is InChI=1S/C64H107NO10/c1-4-7-10-13-16-19-22-25-26-27-28-29-30-31-32-34-37-40-43-46-49-52-59(69)75-62-61(71)60(70)58(53-66)74-64(62)73-54-55(56(67)50-47-44-41-38-36-33-23-20-17-14-11-8-5-2)65-63(72)57(68)51-48-45-42-39-35-24-21-18-15-12-9-6-3/h7,10,16,19,25-26,28-29,31-32,35,37,39-40,45,47-48,50,55-58,60-62,64,66-68,70-71H,4-6,8-9,11-15,17-18,20-24,27,30,33-34,36,38,41-44,46,49,51-54H2,1-3H3,(H,65,72)/b10-7-,19-16-,26-25-,29-28-,32-31-,39-35-,40-37-,48-45+,50-47+. The number of aliphatic hydroxyl groups excluding tert-OH is 5. The first-order valence-electron chi connectivity index (χ1n) is 29.7. The lowest BCUT2D eigenvalue weighted by molar-refractivity contribution is -0.305. The molecule has 1 amide bonds. The van der Waals surface area contributed by atoms with Crippen molar-refractivity contribution in [2.75, 3.05) is 13.2 Å². The monoisotopic (exact) mass is 1050 g/mol. The van der Waals surface area contributed by atoms with E-state index in [4.69, 9.17) is 14.2 Å². The van der Waals surface area contributed by atoms with E-state index in [1.54, 1.807) is 12.2 Å². The summed E-state index contributed by atoms with van der Waals surface area (Å²) in [4.78, 5) is 26.4. The number of carbonyl (C=O) groups excluding carboxylic acids is 2. The molecule has 1 fully saturated rings. The van der Waals surface area contributed by atoms with Crippen molar-refractivity contribution >= 4 is 11.9 Å². The fourth-order valence-corrected chi connectivity index (χ4v) is 8.46. The van der Waals surface area contributed by atoms with Crippen molar-refractivity contribution in [2.24, 2.45) is 0 Å². The molecular formula is C64H107NO10. The van der Waals surface area contributed by atoms with Crippen LogP contribution in [-0.2, 0) is 23.8 Å². The summed E-state index contributed by atoms with van der Waals surface area (Å²) in [6, 6.07) is -1.07. The van der Waals surface area contributed by atoms with Crippen molar-refractivity contribution < 1.29 is 49.3 Å². The molecule has 1 rings (SSSR count). The molecule has 0 aromatic carbocycles. The second kappa shape index (κ2) is 51.1. The molecule has 1 aliphatic rings. The highest BCUT2D eigenvalue weighted by molar-refractivity contribution is 5.81. The van der Waals surface area contributed by atoms with Crippen molar-refractivity contribution in [3.05, 3.63) is 109 Å². The van der Waals surface area contributed by atoms with Crippen LogP contribution in [0.2, 0.25) is 0 Å². The predicted molar refractivity (Wildman–Crippen MR) is 310 cm³/mol. The second-order valence-corrected chi connectivity index (χ2v) is 20.0. The third kappa shape index (κ3) is 39.4. The number of hydrogen-bond acceptors (Lipinski definition) is 10. The lowest BCUT2D eigenvalue weighted by atomic mass is 9.99. The van der Waals surface area contributed by atoms with E-state index in [1.165, 1.54) is 89.9 Å². The molecular weight excluding hydrogens is 943 g/mol. The van der Waals surface area contributed by atoms with Crippen molar-refractivity contribution in [3.63, 3.8) is 0 Å². The molecule has 6 N–H and O–H groups in total. The van der Waals surface area contributed by atoms with Crippen molar-refractivity contribution in [1.82, 2.24) is 5.32 Å². The van der Waals surface area contributed by atoms with Crippen LogP contribution in [0.25, 0.3) is 0 Å². The van der Waals surface area contributed by atoms with E-state index in [9.17, 15) is 35.1 Å². The third-order valence-electron chi connectivity index (χ3n) is 13.2. The maximum atomic E-state index is 13.3. The maximum absolute atomic E-state index is 13.3. The number of amides is 1. The van der Waals surface area contributed by atoms with Crippen LogP contribution < -0.4 is 5.32 Å². The third-order valence-corrected chi connectivity index (χ3v) is 13.2. The number of aliphatic hydroxyl groups is 5. The van der Waals surface area contributed by atoms with E-state index in [1.807, 2.05) is 12.2 Å². The molecule has 0 aromatic heterocycles. The zero-order chi connectivity index (χ0) is 54.7. The number of carbonyl (C=O) groups is 2. The van der Waals surface area contributed by atoms with Gasteiger partial charge in [-0.15, -0.1) is 0 Å². The fourth-order valence-electron chi connectivity index (χ4n) is 8.46. The second-order valence-electron chi connectivity index (χ2n) is 20.0. The molecule has 0 aromatic rings. The van der Waals surface area contributed by atoms with E-state index < -0.39 is 67.4 Å². The quantitative estimate of drug-likeness (QED) is 0.0195. The van der Waals surface area contributed by atoms with Gasteiger partial charge in [0.2, 0.25) is 5.91 Å². The van der Waals surface area contributed by atoms with Crippen molar-refractivity contribution in [1.29, 1.82) is 0 Å². The van der Waals surface area contributed by atoms with Crippen LogP contribution in [0.1, 0.15) is 220 Å². The summed E-state index contributed by atoms with van der Waals surface area (Å²) in [5.41, 5.74) is 0. The van der Waals surface area contributed by atoms with Crippen molar-refractivity contribution in [2.45, 2.75) is 269 Å². The molecule has 1 aliphatic heterocycles. The molecule has 0 bridgehead atoms. The van der Waals surface area contributed by atoms with E-state index in [0.717, 1.165) is 83.5 Å². The van der Waals surface area contributed by atoms with Gasteiger partial charge >= 0.3 is 5.97 Å². The Morgan fingerprint density at radius 2 is 0.960 bits per heavy atom. The van der Waals surface area contributed by atoms with Crippen molar-refractivity contribution in [3.8, 4) is 0 Å². The van der Waals surface area contributed by atoms with Crippen LogP contribution in [0.3, 0.4) is 0 Å². The molecule has 0 saturated carbocycles. The van der Waals surface area contributed by atoms with Gasteiger partial charge < -0.3 is 45.1 Å².